The van der Waals surface area contributed by atoms with Gasteiger partial charge in [0.25, 0.3) is 0 Å². The van der Waals surface area contributed by atoms with Gasteiger partial charge in [-0.05, 0) is 57.6 Å². The summed E-state index contributed by atoms with van der Waals surface area (Å²) < 4.78 is 5.36. The van der Waals surface area contributed by atoms with E-state index in [4.69, 9.17) is 10.5 Å². The zero-order valence-corrected chi connectivity index (χ0v) is 20.0. The molecule has 3 rings (SSSR count). The summed E-state index contributed by atoms with van der Waals surface area (Å²) in [4.78, 5) is 32.3. The number of nitrogens with one attached hydrogen (secondary N) is 1. The van der Waals surface area contributed by atoms with E-state index in [1.54, 1.807) is 18.9 Å². The van der Waals surface area contributed by atoms with E-state index >= 15 is 0 Å². The summed E-state index contributed by atoms with van der Waals surface area (Å²) in [6.07, 6.45) is 5.25. The number of hydrogen-bond donors (Lipinski definition) is 2. The van der Waals surface area contributed by atoms with Gasteiger partial charge < -0.3 is 20.7 Å². The highest BCUT2D eigenvalue weighted by molar-refractivity contribution is 7.11. The average Bonchev–Trinajstić information content (AvgIpc) is 3.16. The Morgan fingerprint density at radius 2 is 2.00 bits per heavy atom. The van der Waals surface area contributed by atoms with Gasteiger partial charge in [0, 0.05) is 61.5 Å². The minimum absolute atomic E-state index is 0.0148. The highest BCUT2D eigenvalue weighted by Crippen LogP contribution is 2.26. The number of likely N-dealkylation sites (tertiary alicyclic amines) is 1. The number of nitrogens with zero attached hydrogens (tertiary/aromatic N) is 2. The Morgan fingerprint density at radius 3 is 2.61 bits per heavy atom. The van der Waals surface area contributed by atoms with Crippen molar-refractivity contribution >= 4 is 23.2 Å². The molecule has 174 valence electrons. The molecule has 8 heteroatoms. The van der Waals surface area contributed by atoms with Crippen LogP contribution in [-0.4, -0.2) is 72.6 Å². The zero-order valence-electron chi connectivity index (χ0n) is 19.1. The van der Waals surface area contributed by atoms with Gasteiger partial charge in [0.15, 0.2) is 0 Å². The van der Waals surface area contributed by atoms with E-state index in [0.717, 1.165) is 45.2 Å². The van der Waals surface area contributed by atoms with Crippen LogP contribution < -0.4 is 11.1 Å². The number of thiophene rings is 1. The van der Waals surface area contributed by atoms with Gasteiger partial charge in [0.05, 0.1) is 6.61 Å². The van der Waals surface area contributed by atoms with Crippen LogP contribution in [-0.2, 0) is 20.9 Å². The summed E-state index contributed by atoms with van der Waals surface area (Å²) in [7, 11) is 1.72. The van der Waals surface area contributed by atoms with Gasteiger partial charge in [-0.1, -0.05) is 0 Å². The molecule has 1 aromatic rings. The van der Waals surface area contributed by atoms with Crippen molar-refractivity contribution in [2.75, 3.05) is 26.8 Å². The van der Waals surface area contributed by atoms with E-state index in [-0.39, 0.29) is 29.9 Å². The largest absolute Gasteiger partial charge is 0.383 e. The lowest BCUT2D eigenvalue weighted by molar-refractivity contribution is -0.142. The fourth-order valence-corrected chi connectivity index (χ4v) is 5.75. The van der Waals surface area contributed by atoms with E-state index < -0.39 is 6.04 Å². The molecule has 1 aliphatic heterocycles. The van der Waals surface area contributed by atoms with Gasteiger partial charge >= 0.3 is 0 Å². The van der Waals surface area contributed by atoms with E-state index in [2.05, 4.69) is 29.3 Å². The number of methoxy groups -OCH3 is 1. The van der Waals surface area contributed by atoms with Crippen molar-refractivity contribution in [3.8, 4) is 0 Å². The van der Waals surface area contributed by atoms with E-state index in [1.807, 2.05) is 11.3 Å². The second-order valence-corrected chi connectivity index (χ2v) is 10.4. The third kappa shape index (κ3) is 6.75. The van der Waals surface area contributed by atoms with Crippen LogP contribution in [0.15, 0.2) is 12.1 Å². The van der Waals surface area contributed by atoms with Gasteiger partial charge in [-0.2, -0.15) is 0 Å². The topological polar surface area (TPSA) is 87.9 Å². The fourth-order valence-electron chi connectivity index (χ4n) is 4.83. The Kier molecular flexibility index (Phi) is 8.89. The second kappa shape index (κ2) is 11.4. The van der Waals surface area contributed by atoms with Crippen molar-refractivity contribution in [2.24, 2.45) is 5.73 Å². The first kappa shape index (κ1) is 24.2. The Morgan fingerprint density at radius 1 is 1.26 bits per heavy atom. The molecule has 1 aromatic heterocycles. The molecule has 0 bridgehead atoms. The molecule has 31 heavy (non-hydrogen) atoms. The van der Waals surface area contributed by atoms with Crippen LogP contribution in [0.25, 0.3) is 0 Å². The fraction of sp³-hybridized carbons (Fsp3) is 0.739. The number of aryl methyl sites for hydroxylation is 1. The number of carbonyl (C=O) groups excluding carboxylic acids is 2. The van der Waals surface area contributed by atoms with Crippen molar-refractivity contribution in [3.63, 3.8) is 0 Å². The number of hydrogen-bond acceptors (Lipinski definition) is 6. The summed E-state index contributed by atoms with van der Waals surface area (Å²) in [6, 6.07) is 4.57. The predicted molar refractivity (Wildman–Crippen MR) is 124 cm³/mol. The van der Waals surface area contributed by atoms with Crippen LogP contribution in [0.5, 0.6) is 0 Å². The molecular formula is C23H38N4O3S. The molecule has 1 aliphatic carbocycles. The molecule has 1 saturated carbocycles. The molecule has 0 radical (unpaired) electrons. The first-order valence-corrected chi connectivity index (χ1v) is 12.3. The number of ether oxygens (including phenoxy) is 1. The summed E-state index contributed by atoms with van der Waals surface area (Å²) in [6.45, 7) is 6.61. The van der Waals surface area contributed by atoms with Gasteiger partial charge in [0.2, 0.25) is 11.8 Å². The van der Waals surface area contributed by atoms with Gasteiger partial charge in [-0.25, -0.2) is 0 Å². The first-order valence-electron chi connectivity index (χ1n) is 11.5. The second-order valence-electron chi connectivity index (χ2n) is 9.00. The lowest BCUT2D eigenvalue weighted by atomic mass is 9.90. The molecule has 2 aliphatic rings. The maximum atomic E-state index is 13.2. The highest BCUT2D eigenvalue weighted by atomic mass is 32.1. The molecular weight excluding hydrogens is 412 g/mol. The van der Waals surface area contributed by atoms with Crippen LogP contribution in [0.1, 0.15) is 55.2 Å². The molecule has 7 nitrogen and oxygen atoms in total. The Bertz CT molecular complexity index is 732. The Labute approximate surface area is 190 Å². The smallest absolute Gasteiger partial charge is 0.243 e. The van der Waals surface area contributed by atoms with Crippen LogP contribution in [0, 0.1) is 6.92 Å². The normalized spacial score (nSPS) is 26.8. The summed E-state index contributed by atoms with van der Waals surface area (Å²) in [5, 5.41) is 3.22. The van der Waals surface area contributed by atoms with Crippen molar-refractivity contribution in [2.45, 2.75) is 83.1 Å². The molecule has 0 aromatic carbocycles. The van der Waals surface area contributed by atoms with Crippen molar-refractivity contribution in [1.29, 1.82) is 0 Å². The molecule has 2 amide bonds. The van der Waals surface area contributed by atoms with E-state index in [1.165, 1.54) is 9.75 Å². The molecule has 2 fully saturated rings. The van der Waals surface area contributed by atoms with E-state index in [9.17, 15) is 9.59 Å². The predicted octanol–water partition coefficient (Wildman–Crippen LogP) is 2.27. The van der Waals surface area contributed by atoms with Crippen molar-refractivity contribution < 1.29 is 14.3 Å². The summed E-state index contributed by atoms with van der Waals surface area (Å²) in [5.74, 6) is -0.0411. The number of amides is 2. The van der Waals surface area contributed by atoms with Gasteiger partial charge in [-0.3, -0.25) is 14.5 Å². The number of nitrogens with two attached hydrogens (primary N) is 1. The Balaban J connectivity index is 1.69. The first-order chi connectivity index (χ1) is 14.9. The molecule has 3 N–H and O–H groups in total. The van der Waals surface area contributed by atoms with E-state index in [0.29, 0.717) is 19.6 Å². The number of carbonyl (C=O) groups is 2. The minimum atomic E-state index is -0.415. The molecule has 1 saturated heterocycles. The van der Waals surface area contributed by atoms with Crippen molar-refractivity contribution in [1.82, 2.24) is 15.1 Å². The quantitative estimate of drug-likeness (QED) is 0.634. The van der Waals surface area contributed by atoms with Crippen LogP contribution in [0.2, 0.25) is 0 Å². The zero-order chi connectivity index (χ0) is 22.4. The summed E-state index contributed by atoms with van der Waals surface area (Å²) >= 11 is 1.81. The number of piperidine rings is 1. The SMILES string of the molecule is COCCN(Cc1ccc(C)s1)C1CCN(C(C)=O)[C@@H](C(=O)NC2CCC(N)CC2)C1. The molecule has 2 atom stereocenters. The van der Waals surface area contributed by atoms with Crippen LogP contribution in [0.4, 0.5) is 0 Å². The Hall–Kier alpha value is -1.48. The highest BCUT2D eigenvalue weighted by Gasteiger charge is 2.38. The number of rotatable bonds is 8. The van der Waals surface area contributed by atoms with Crippen molar-refractivity contribution in [3.05, 3.63) is 21.9 Å². The maximum absolute atomic E-state index is 13.2. The molecule has 1 unspecified atom stereocenters. The van der Waals surface area contributed by atoms with Crippen LogP contribution >= 0.6 is 11.3 Å². The lowest BCUT2D eigenvalue weighted by Gasteiger charge is -2.43. The molecule has 2 heterocycles. The van der Waals surface area contributed by atoms with Gasteiger partial charge in [0.1, 0.15) is 6.04 Å². The third-order valence-corrected chi connectivity index (χ3v) is 7.64. The molecule has 0 spiro atoms. The monoisotopic (exact) mass is 450 g/mol. The summed E-state index contributed by atoms with van der Waals surface area (Å²) in [5.41, 5.74) is 6.01. The van der Waals surface area contributed by atoms with Gasteiger partial charge in [-0.15, -0.1) is 11.3 Å². The lowest BCUT2D eigenvalue weighted by Crippen LogP contribution is -2.58. The minimum Gasteiger partial charge on any atom is -0.383 e. The van der Waals surface area contributed by atoms with Crippen LogP contribution in [0.3, 0.4) is 0 Å². The third-order valence-electron chi connectivity index (χ3n) is 6.65. The maximum Gasteiger partial charge on any atom is 0.243 e. The standard InChI is InChI=1S/C23H38N4O3S/c1-16-4-9-21(31-16)15-26(12-13-30-3)20-10-11-27(17(2)28)22(14-20)23(29)25-19-7-5-18(24)6-8-19/h4,9,18-20,22H,5-8,10-15,24H2,1-3H3,(H,25,29)/t18?,19?,20?,22-/m1/s1. The average molecular weight is 451 g/mol.